The first kappa shape index (κ1) is 15.7. The van der Waals surface area contributed by atoms with Crippen molar-refractivity contribution < 1.29 is 0 Å². The number of anilines is 1. The molecule has 128 valence electrons. The van der Waals surface area contributed by atoms with E-state index in [1.807, 2.05) is 26.1 Å². The molecule has 1 saturated heterocycles. The van der Waals surface area contributed by atoms with Gasteiger partial charge < -0.3 is 9.88 Å². The van der Waals surface area contributed by atoms with Crippen molar-refractivity contribution in [3.63, 3.8) is 0 Å². The van der Waals surface area contributed by atoms with Crippen LogP contribution >= 0.6 is 0 Å². The molecule has 3 aromatic rings. The van der Waals surface area contributed by atoms with Crippen molar-refractivity contribution in [2.75, 3.05) is 18.0 Å². The van der Waals surface area contributed by atoms with Gasteiger partial charge in [-0.15, -0.1) is 0 Å². The summed E-state index contributed by atoms with van der Waals surface area (Å²) >= 11 is 0. The van der Waals surface area contributed by atoms with E-state index in [-0.39, 0.29) is 0 Å². The standard InChI is InChI=1S/C18H21N7/c1-12-9-20-18(22-12)16-8-15(23-13(2)24-16)14-4-3-7-25(10-14)17-5-6-19-11-21-17/h5-6,8-9,11,14H,3-4,7,10H2,1-2H3,(H,20,22)/t14-/m0/s1. The molecule has 0 spiro atoms. The maximum Gasteiger partial charge on any atom is 0.156 e. The number of aromatic amines is 1. The van der Waals surface area contributed by atoms with Crippen LogP contribution in [0.4, 0.5) is 5.82 Å². The molecule has 0 saturated carbocycles. The Balaban J connectivity index is 1.61. The lowest BCUT2D eigenvalue weighted by Gasteiger charge is -2.33. The Kier molecular flexibility index (Phi) is 4.13. The van der Waals surface area contributed by atoms with E-state index in [2.05, 4.69) is 35.9 Å². The first-order chi connectivity index (χ1) is 12.2. The van der Waals surface area contributed by atoms with E-state index < -0.39 is 0 Å². The highest BCUT2D eigenvalue weighted by Gasteiger charge is 2.24. The summed E-state index contributed by atoms with van der Waals surface area (Å²) in [5.74, 6) is 2.92. The van der Waals surface area contributed by atoms with Crippen molar-refractivity contribution in [2.24, 2.45) is 0 Å². The Morgan fingerprint density at radius 1 is 1.20 bits per heavy atom. The summed E-state index contributed by atoms with van der Waals surface area (Å²) in [5.41, 5.74) is 2.96. The molecule has 1 aliphatic rings. The first-order valence-corrected chi connectivity index (χ1v) is 8.57. The average molecular weight is 335 g/mol. The fourth-order valence-corrected chi connectivity index (χ4v) is 3.36. The molecule has 7 heteroatoms. The van der Waals surface area contributed by atoms with E-state index in [4.69, 9.17) is 4.98 Å². The molecule has 1 N–H and O–H groups in total. The van der Waals surface area contributed by atoms with Crippen LogP contribution in [0.25, 0.3) is 11.5 Å². The molecule has 25 heavy (non-hydrogen) atoms. The lowest BCUT2D eigenvalue weighted by molar-refractivity contribution is 0.497. The van der Waals surface area contributed by atoms with Gasteiger partial charge in [-0.2, -0.15) is 0 Å². The number of hydrogen-bond acceptors (Lipinski definition) is 6. The second-order valence-electron chi connectivity index (χ2n) is 6.49. The summed E-state index contributed by atoms with van der Waals surface area (Å²) in [4.78, 5) is 27.6. The second kappa shape index (κ2) is 6.58. The zero-order valence-electron chi connectivity index (χ0n) is 14.5. The monoisotopic (exact) mass is 335 g/mol. The summed E-state index contributed by atoms with van der Waals surface area (Å²) in [6.07, 6.45) is 7.45. The Hall–Kier alpha value is -2.83. The van der Waals surface area contributed by atoms with Gasteiger partial charge in [0.2, 0.25) is 0 Å². The Labute approximate surface area is 146 Å². The van der Waals surface area contributed by atoms with Crippen molar-refractivity contribution >= 4 is 5.82 Å². The zero-order chi connectivity index (χ0) is 17.2. The van der Waals surface area contributed by atoms with Crippen molar-refractivity contribution in [1.82, 2.24) is 29.9 Å². The summed E-state index contributed by atoms with van der Waals surface area (Å²) in [6, 6.07) is 4.03. The lowest BCUT2D eigenvalue weighted by atomic mass is 9.94. The Morgan fingerprint density at radius 2 is 2.12 bits per heavy atom. The van der Waals surface area contributed by atoms with Crippen LogP contribution in [0, 0.1) is 13.8 Å². The lowest BCUT2D eigenvalue weighted by Crippen LogP contribution is -2.35. The SMILES string of the molecule is Cc1nc(-c2ncc(C)[nH]2)cc([C@H]2CCCN(c3ccncn3)C2)n1. The van der Waals surface area contributed by atoms with Crippen LogP contribution < -0.4 is 4.90 Å². The third kappa shape index (κ3) is 3.35. The second-order valence-corrected chi connectivity index (χ2v) is 6.49. The van der Waals surface area contributed by atoms with Crippen molar-refractivity contribution in [3.05, 3.63) is 48.1 Å². The number of H-pyrrole nitrogens is 1. The molecule has 4 rings (SSSR count). The van der Waals surface area contributed by atoms with Gasteiger partial charge in [0.1, 0.15) is 23.7 Å². The molecule has 0 aromatic carbocycles. The Bertz CT molecular complexity index is 859. The first-order valence-electron chi connectivity index (χ1n) is 8.57. The predicted molar refractivity (Wildman–Crippen MR) is 95.3 cm³/mol. The van der Waals surface area contributed by atoms with E-state index in [9.17, 15) is 0 Å². The van der Waals surface area contributed by atoms with Gasteiger partial charge in [0.05, 0.1) is 0 Å². The fourth-order valence-electron chi connectivity index (χ4n) is 3.36. The smallest absolute Gasteiger partial charge is 0.156 e. The summed E-state index contributed by atoms with van der Waals surface area (Å²) in [6.45, 7) is 5.85. The van der Waals surface area contributed by atoms with E-state index in [0.29, 0.717) is 5.92 Å². The Morgan fingerprint density at radius 3 is 2.88 bits per heavy atom. The van der Waals surface area contributed by atoms with Gasteiger partial charge in [-0.3, -0.25) is 0 Å². The average Bonchev–Trinajstić information content (AvgIpc) is 3.09. The molecule has 3 aromatic heterocycles. The van der Waals surface area contributed by atoms with Crippen LogP contribution in [0.15, 0.2) is 30.9 Å². The highest BCUT2D eigenvalue weighted by atomic mass is 15.2. The van der Waals surface area contributed by atoms with Crippen molar-refractivity contribution in [3.8, 4) is 11.5 Å². The van der Waals surface area contributed by atoms with Gasteiger partial charge in [-0.25, -0.2) is 24.9 Å². The minimum atomic E-state index is 0.361. The summed E-state index contributed by atoms with van der Waals surface area (Å²) in [5, 5.41) is 0. The molecule has 0 bridgehead atoms. The van der Waals surface area contributed by atoms with Crippen LogP contribution in [0.3, 0.4) is 0 Å². The normalized spacial score (nSPS) is 17.7. The van der Waals surface area contributed by atoms with Gasteiger partial charge in [0.15, 0.2) is 5.82 Å². The third-order valence-corrected chi connectivity index (χ3v) is 4.53. The molecule has 0 radical (unpaired) electrons. The molecule has 0 unspecified atom stereocenters. The van der Waals surface area contributed by atoms with E-state index >= 15 is 0 Å². The van der Waals surface area contributed by atoms with E-state index in [1.165, 1.54) is 0 Å². The van der Waals surface area contributed by atoms with Crippen molar-refractivity contribution in [1.29, 1.82) is 0 Å². The number of hydrogen-bond donors (Lipinski definition) is 1. The molecular weight excluding hydrogens is 314 g/mol. The molecular formula is C18H21N7. The summed E-state index contributed by atoms with van der Waals surface area (Å²) < 4.78 is 0. The van der Waals surface area contributed by atoms with Gasteiger partial charge >= 0.3 is 0 Å². The quantitative estimate of drug-likeness (QED) is 0.792. The maximum absolute atomic E-state index is 4.71. The molecule has 4 heterocycles. The minimum Gasteiger partial charge on any atom is -0.356 e. The number of aryl methyl sites for hydroxylation is 2. The fraction of sp³-hybridized carbons (Fsp3) is 0.389. The van der Waals surface area contributed by atoms with Crippen LogP contribution in [-0.4, -0.2) is 43.0 Å². The molecule has 1 fully saturated rings. The molecule has 0 aliphatic carbocycles. The molecule has 0 amide bonds. The van der Waals surface area contributed by atoms with Gasteiger partial charge in [0, 0.05) is 42.8 Å². The highest BCUT2D eigenvalue weighted by molar-refractivity contribution is 5.50. The maximum atomic E-state index is 4.71. The van der Waals surface area contributed by atoms with Crippen LogP contribution in [0.1, 0.15) is 36.0 Å². The number of piperidine rings is 1. The van der Waals surface area contributed by atoms with Crippen LogP contribution in [-0.2, 0) is 0 Å². The van der Waals surface area contributed by atoms with Crippen LogP contribution in [0.2, 0.25) is 0 Å². The van der Waals surface area contributed by atoms with Gasteiger partial charge in [-0.05, 0) is 38.8 Å². The largest absolute Gasteiger partial charge is 0.356 e. The third-order valence-electron chi connectivity index (χ3n) is 4.53. The summed E-state index contributed by atoms with van der Waals surface area (Å²) in [7, 11) is 0. The number of imidazole rings is 1. The number of rotatable bonds is 3. The van der Waals surface area contributed by atoms with E-state index in [1.54, 1.807) is 12.5 Å². The van der Waals surface area contributed by atoms with Gasteiger partial charge in [-0.1, -0.05) is 0 Å². The molecule has 1 aliphatic heterocycles. The number of nitrogens with one attached hydrogen (secondary N) is 1. The highest BCUT2D eigenvalue weighted by Crippen LogP contribution is 2.29. The number of nitrogens with zero attached hydrogens (tertiary/aromatic N) is 6. The topological polar surface area (TPSA) is 83.5 Å². The number of aromatic nitrogens is 6. The minimum absolute atomic E-state index is 0.361. The zero-order valence-corrected chi connectivity index (χ0v) is 14.5. The molecule has 1 atom stereocenters. The van der Waals surface area contributed by atoms with Crippen LogP contribution in [0.5, 0.6) is 0 Å². The predicted octanol–water partition coefficient (Wildman–Crippen LogP) is 2.66. The van der Waals surface area contributed by atoms with E-state index in [0.717, 1.165) is 60.5 Å². The van der Waals surface area contributed by atoms with Crippen molar-refractivity contribution in [2.45, 2.75) is 32.6 Å². The van der Waals surface area contributed by atoms with Gasteiger partial charge in [0.25, 0.3) is 0 Å². The molecule has 7 nitrogen and oxygen atoms in total.